The van der Waals surface area contributed by atoms with Crippen LogP contribution >= 0.6 is 0 Å². The molecule has 1 atom stereocenters. The van der Waals surface area contributed by atoms with Crippen molar-refractivity contribution in [2.24, 2.45) is 0 Å². The molecule has 0 saturated heterocycles. The van der Waals surface area contributed by atoms with Gasteiger partial charge < -0.3 is 9.73 Å². The number of nitrogens with one attached hydrogen (secondary N) is 1. The first kappa shape index (κ1) is 14.1. The van der Waals surface area contributed by atoms with Crippen LogP contribution in [-0.4, -0.2) is 6.54 Å². The molecular formula is C16H22FNO. The van der Waals surface area contributed by atoms with Gasteiger partial charge in [0.15, 0.2) is 0 Å². The molecule has 1 aromatic heterocycles. The van der Waals surface area contributed by atoms with E-state index in [2.05, 4.69) is 19.2 Å². The maximum atomic E-state index is 13.3. The van der Waals surface area contributed by atoms with Gasteiger partial charge in [0.25, 0.3) is 0 Å². The van der Waals surface area contributed by atoms with Crippen LogP contribution in [-0.2, 0) is 0 Å². The molecule has 1 N–H and O–H groups in total. The maximum Gasteiger partial charge on any atom is 0.134 e. The molecule has 0 radical (unpaired) electrons. The van der Waals surface area contributed by atoms with Crippen molar-refractivity contribution >= 4 is 11.0 Å². The summed E-state index contributed by atoms with van der Waals surface area (Å²) in [5.41, 5.74) is 1.82. The van der Waals surface area contributed by atoms with Gasteiger partial charge in [-0.3, -0.25) is 0 Å². The summed E-state index contributed by atoms with van der Waals surface area (Å²) < 4.78 is 19.3. The Morgan fingerprint density at radius 2 is 2.05 bits per heavy atom. The summed E-state index contributed by atoms with van der Waals surface area (Å²) in [4.78, 5) is 0. The zero-order valence-corrected chi connectivity index (χ0v) is 11.9. The SMILES string of the molecule is CCCNC(CCC)c1oc2ccc(F)cc2c1C. The second-order valence-corrected chi connectivity index (χ2v) is 5.03. The lowest BCUT2D eigenvalue weighted by Gasteiger charge is -2.16. The Morgan fingerprint density at radius 3 is 2.74 bits per heavy atom. The summed E-state index contributed by atoms with van der Waals surface area (Å²) >= 11 is 0. The van der Waals surface area contributed by atoms with Gasteiger partial charge in [0, 0.05) is 10.9 Å². The topological polar surface area (TPSA) is 25.2 Å². The first-order valence-electron chi connectivity index (χ1n) is 7.09. The van der Waals surface area contributed by atoms with Crippen molar-refractivity contribution in [3.05, 3.63) is 35.3 Å². The Kier molecular flexibility index (Phi) is 4.59. The van der Waals surface area contributed by atoms with E-state index in [0.29, 0.717) is 0 Å². The van der Waals surface area contributed by atoms with Crippen LogP contribution in [0.4, 0.5) is 4.39 Å². The molecule has 0 aliphatic heterocycles. The Bertz CT molecular complexity index is 547. The largest absolute Gasteiger partial charge is 0.459 e. The van der Waals surface area contributed by atoms with Crippen LogP contribution in [0.2, 0.25) is 0 Å². The Morgan fingerprint density at radius 1 is 1.26 bits per heavy atom. The van der Waals surface area contributed by atoms with Crippen LogP contribution in [0, 0.1) is 12.7 Å². The molecule has 104 valence electrons. The summed E-state index contributed by atoms with van der Waals surface area (Å²) in [6.07, 6.45) is 3.21. The van der Waals surface area contributed by atoms with E-state index in [1.54, 1.807) is 12.1 Å². The van der Waals surface area contributed by atoms with Gasteiger partial charge in [-0.1, -0.05) is 20.3 Å². The van der Waals surface area contributed by atoms with E-state index in [0.717, 1.165) is 48.1 Å². The first-order valence-corrected chi connectivity index (χ1v) is 7.09. The minimum absolute atomic E-state index is 0.212. The van der Waals surface area contributed by atoms with Crippen LogP contribution in [0.25, 0.3) is 11.0 Å². The lowest BCUT2D eigenvalue weighted by molar-refractivity contribution is 0.405. The molecule has 3 heteroatoms. The highest BCUT2D eigenvalue weighted by Crippen LogP contribution is 2.31. The number of hydrogen-bond donors (Lipinski definition) is 1. The summed E-state index contributed by atoms with van der Waals surface area (Å²) in [7, 11) is 0. The predicted octanol–water partition coefficient (Wildman–Crippen LogP) is 4.72. The fourth-order valence-electron chi connectivity index (χ4n) is 2.48. The van der Waals surface area contributed by atoms with Crippen molar-refractivity contribution in [1.82, 2.24) is 5.32 Å². The van der Waals surface area contributed by atoms with Crippen LogP contribution in [0.3, 0.4) is 0 Å². The van der Waals surface area contributed by atoms with Gasteiger partial charge in [-0.2, -0.15) is 0 Å². The molecule has 0 spiro atoms. The minimum Gasteiger partial charge on any atom is -0.459 e. The molecule has 2 nitrogen and oxygen atoms in total. The molecule has 19 heavy (non-hydrogen) atoms. The van der Waals surface area contributed by atoms with Gasteiger partial charge >= 0.3 is 0 Å². The summed E-state index contributed by atoms with van der Waals surface area (Å²) in [6.45, 7) is 7.29. The van der Waals surface area contributed by atoms with Gasteiger partial charge in [0.2, 0.25) is 0 Å². The molecule has 2 rings (SSSR count). The molecule has 0 amide bonds. The number of halogens is 1. The molecule has 2 aromatic rings. The van der Waals surface area contributed by atoms with Crippen molar-refractivity contribution in [2.45, 2.75) is 46.1 Å². The van der Waals surface area contributed by atoms with Gasteiger partial charge in [0.1, 0.15) is 17.2 Å². The minimum atomic E-state index is -0.212. The molecule has 1 heterocycles. The Hall–Kier alpha value is -1.35. The first-order chi connectivity index (χ1) is 9.17. The third kappa shape index (κ3) is 2.98. The number of benzene rings is 1. The zero-order chi connectivity index (χ0) is 13.8. The molecule has 0 aliphatic carbocycles. The van der Waals surface area contributed by atoms with Gasteiger partial charge in [-0.25, -0.2) is 4.39 Å². The second kappa shape index (κ2) is 6.20. The van der Waals surface area contributed by atoms with Crippen molar-refractivity contribution in [3.63, 3.8) is 0 Å². The third-order valence-corrected chi connectivity index (χ3v) is 3.47. The van der Waals surface area contributed by atoms with E-state index in [1.807, 2.05) is 6.92 Å². The average molecular weight is 263 g/mol. The van der Waals surface area contributed by atoms with E-state index in [-0.39, 0.29) is 11.9 Å². The van der Waals surface area contributed by atoms with E-state index in [9.17, 15) is 4.39 Å². The molecule has 0 saturated carbocycles. The average Bonchev–Trinajstić information content (AvgIpc) is 2.72. The predicted molar refractivity (Wildman–Crippen MR) is 76.9 cm³/mol. The number of fused-ring (bicyclic) bond motifs is 1. The standard InChI is InChI=1S/C16H22FNO/c1-4-6-14(18-9-5-2)16-11(3)13-10-12(17)7-8-15(13)19-16/h7-8,10,14,18H,4-6,9H2,1-3H3. The number of hydrogen-bond acceptors (Lipinski definition) is 2. The highest BCUT2D eigenvalue weighted by atomic mass is 19.1. The molecule has 0 bridgehead atoms. The fourth-order valence-corrected chi connectivity index (χ4v) is 2.48. The molecule has 0 aliphatic rings. The third-order valence-electron chi connectivity index (χ3n) is 3.47. The number of aryl methyl sites for hydroxylation is 1. The molecule has 1 aromatic carbocycles. The van der Waals surface area contributed by atoms with Crippen molar-refractivity contribution in [2.75, 3.05) is 6.54 Å². The van der Waals surface area contributed by atoms with E-state index in [1.165, 1.54) is 6.07 Å². The normalized spacial score (nSPS) is 13.1. The van der Waals surface area contributed by atoms with E-state index in [4.69, 9.17) is 4.42 Å². The Balaban J connectivity index is 2.38. The van der Waals surface area contributed by atoms with Gasteiger partial charge in [-0.15, -0.1) is 0 Å². The highest BCUT2D eigenvalue weighted by molar-refractivity contribution is 5.82. The quantitative estimate of drug-likeness (QED) is 0.815. The van der Waals surface area contributed by atoms with E-state index >= 15 is 0 Å². The molecule has 1 unspecified atom stereocenters. The maximum absolute atomic E-state index is 13.3. The van der Waals surface area contributed by atoms with Crippen molar-refractivity contribution in [1.29, 1.82) is 0 Å². The number of furan rings is 1. The van der Waals surface area contributed by atoms with Gasteiger partial charge in [-0.05, 0) is 44.5 Å². The smallest absolute Gasteiger partial charge is 0.134 e. The van der Waals surface area contributed by atoms with Gasteiger partial charge in [0.05, 0.1) is 6.04 Å². The van der Waals surface area contributed by atoms with E-state index < -0.39 is 0 Å². The zero-order valence-electron chi connectivity index (χ0n) is 11.9. The van der Waals surface area contributed by atoms with Crippen LogP contribution in [0.15, 0.2) is 22.6 Å². The van der Waals surface area contributed by atoms with Crippen LogP contribution < -0.4 is 5.32 Å². The monoisotopic (exact) mass is 263 g/mol. The fraction of sp³-hybridized carbons (Fsp3) is 0.500. The lowest BCUT2D eigenvalue weighted by Crippen LogP contribution is -2.22. The van der Waals surface area contributed by atoms with Crippen LogP contribution in [0.1, 0.15) is 50.5 Å². The number of rotatable bonds is 6. The van der Waals surface area contributed by atoms with Crippen molar-refractivity contribution in [3.8, 4) is 0 Å². The Labute approximate surface area is 114 Å². The summed E-state index contributed by atoms with van der Waals surface area (Å²) in [5, 5.41) is 4.40. The lowest BCUT2D eigenvalue weighted by atomic mass is 10.0. The van der Waals surface area contributed by atoms with Crippen LogP contribution in [0.5, 0.6) is 0 Å². The molecular weight excluding hydrogens is 241 g/mol. The molecule has 0 fully saturated rings. The summed E-state index contributed by atoms with van der Waals surface area (Å²) in [6, 6.07) is 4.94. The highest BCUT2D eigenvalue weighted by Gasteiger charge is 2.19. The second-order valence-electron chi connectivity index (χ2n) is 5.03. The summed E-state index contributed by atoms with van der Waals surface area (Å²) in [5.74, 6) is 0.743. The van der Waals surface area contributed by atoms with Crippen molar-refractivity contribution < 1.29 is 8.81 Å².